The van der Waals surface area contributed by atoms with E-state index in [2.05, 4.69) is 28.2 Å². The van der Waals surface area contributed by atoms with E-state index in [0.717, 1.165) is 38.3 Å². The van der Waals surface area contributed by atoms with Crippen molar-refractivity contribution >= 4 is 27.3 Å². The molecule has 0 aromatic heterocycles. The largest absolute Gasteiger partial charge is 0.384 e. The molecule has 0 saturated carbocycles. The zero-order valence-electron chi connectivity index (χ0n) is 11.2. The number of nitrogens with one attached hydrogen (secondary N) is 1. The smallest absolute Gasteiger partial charge is 0.273 e. The van der Waals surface area contributed by atoms with E-state index < -0.39 is 0 Å². The van der Waals surface area contributed by atoms with Crippen LogP contribution in [0.4, 0.5) is 11.4 Å². The van der Waals surface area contributed by atoms with Crippen LogP contribution in [-0.2, 0) is 4.74 Å². The number of hydrogen-bond acceptors (Lipinski definition) is 4. The molecule has 0 bridgehead atoms. The fraction of sp³-hybridized carbons (Fsp3) is 0.538. The summed E-state index contributed by atoms with van der Waals surface area (Å²) in [4.78, 5) is 10.4. The minimum Gasteiger partial charge on any atom is -0.384 e. The molecule has 0 fully saturated rings. The second-order valence-corrected chi connectivity index (χ2v) is 5.12. The van der Waals surface area contributed by atoms with Crippen LogP contribution in [-0.4, -0.2) is 24.7 Å². The van der Waals surface area contributed by atoms with E-state index in [4.69, 9.17) is 4.74 Å². The fourth-order valence-electron chi connectivity index (χ4n) is 1.65. The quantitative estimate of drug-likeness (QED) is 0.446. The van der Waals surface area contributed by atoms with Gasteiger partial charge in [-0.2, -0.15) is 0 Å². The second kappa shape index (κ2) is 8.12. The van der Waals surface area contributed by atoms with Crippen LogP contribution in [0.3, 0.4) is 0 Å². The fourth-order valence-corrected chi connectivity index (χ4v) is 2.12. The number of halogens is 1. The van der Waals surface area contributed by atoms with Gasteiger partial charge in [0.15, 0.2) is 0 Å². The van der Waals surface area contributed by atoms with Gasteiger partial charge in [0, 0.05) is 41.5 Å². The van der Waals surface area contributed by atoms with Gasteiger partial charge in [0.05, 0.1) is 4.92 Å². The molecule has 1 aromatic carbocycles. The van der Waals surface area contributed by atoms with E-state index in [0.29, 0.717) is 10.0 Å². The lowest BCUT2D eigenvalue weighted by atomic mass is 10.2. The summed E-state index contributed by atoms with van der Waals surface area (Å²) in [6, 6.07) is 3.32. The highest BCUT2D eigenvalue weighted by Crippen LogP contribution is 2.30. The predicted molar refractivity (Wildman–Crippen MR) is 79.8 cm³/mol. The Kier molecular flexibility index (Phi) is 6.80. The molecule has 0 spiro atoms. The number of nitrogens with zero attached hydrogens (tertiary/aromatic N) is 1. The van der Waals surface area contributed by atoms with Gasteiger partial charge in [0.2, 0.25) is 0 Å². The van der Waals surface area contributed by atoms with Crippen LogP contribution in [0.5, 0.6) is 0 Å². The monoisotopic (exact) mass is 330 g/mol. The van der Waals surface area contributed by atoms with Gasteiger partial charge in [-0.25, -0.2) is 0 Å². The lowest BCUT2D eigenvalue weighted by Crippen LogP contribution is -2.07. The molecule has 0 saturated heterocycles. The van der Waals surface area contributed by atoms with E-state index in [9.17, 15) is 10.1 Å². The molecule has 1 aromatic rings. The highest BCUT2D eigenvalue weighted by molar-refractivity contribution is 9.10. The zero-order valence-corrected chi connectivity index (χ0v) is 12.8. The third-order valence-corrected chi connectivity index (χ3v) is 3.27. The summed E-state index contributed by atoms with van der Waals surface area (Å²) in [5.74, 6) is 0. The molecule has 1 rings (SSSR count). The Hall–Kier alpha value is -1.14. The van der Waals surface area contributed by atoms with Gasteiger partial charge < -0.3 is 10.1 Å². The Balaban J connectivity index is 2.50. The van der Waals surface area contributed by atoms with Crippen molar-refractivity contribution in [3.8, 4) is 0 Å². The molecule has 5 nitrogen and oxygen atoms in total. The van der Waals surface area contributed by atoms with Gasteiger partial charge in [-0.1, -0.05) is 6.92 Å². The molecular formula is C13H19BrN2O3. The predicted octanol–water partition coefficient (Wildman–Crippen LogP) is 3.89. The molecule has 0 aliphatic carbocycles. The molecule has 0 atom stereocenters. The van der Waals surface area contributed by atoms with Crippen molar-refractivity contribution in [2.75, 3.05) is 25.1 Å². The summed E-state index contributed by atoms with van der Waals surface area (Å²) in [6.45, 7) is 6.11. The maximum Gasteiger partial charge on any atom is 0.273 e. The first-order chi connectivity index (χ1) is 9.06. The number of aryl methyl sites for hydroxylation is 1. The second-order valence-electron chi connectivity index (χ2n) is 4.27. The molecule has 106 valence electrons. The van der Waals surface area contributed by atoms with E-state index in [-0.39, 0.29) is 10.6 Å². The van der Waals surface area contributed by atoms with E-state index in [1.54, 1.807) is 13.0 Å². The molecule has 0 radical (unpaired) electrons. The maximum absolute atomic E-state index is 10.8. The van der Waals surface area contributed by atoms with Crippen molar-refractivity contribution in [3.63, 3.8) is 0 Å². The van der Waals surface area contributed by atoms with Crippen LogP contribution in [0, 0.1) is 17.0 Å². The van der Waals surface area contributed by atoms with Gasteiger partial charge >= 0.3 is 0 Å². The maximum atomic E-state index is 10.8. The summed E-state index contributed by atoms with van der Waals surface area (Å²) in [5.41, 5.74) is 1.65. The van der Waals surface area contributed by atoms with Crippen molar-refractivity contribution in [2.24, 2.45) is 0 Å². The van der Waals surface area contributed by atoms with Crippen molar-refractivity contribution in [1.82, 2.24) is 0 Å². The topological polar surface area (TPSA) is 64.4 Å². The summed E-state index contributed by atoms with van der Waals surface area (Å²) in [6.07, 6.45) is 1.93. The number of hydrogen-bond donors (Lipinski definition) is 1. The SMILES string of the molecule is CCCOCCCNc1cc(C)c([N+](=O)[O-])cc1Br. The Bertz CT molecular complexity index is 438. The first kappa shape index (κ1) is 15.9. The molecule has 0 aliphatic rings. The molecule has 0 unspecified atom stereocenters. The molecule has 0 amide bonds. The third kappa shape index (κ3) is 5.16. The molecule has 6 heteroatoms. The first-order valence-corrected chi connectivity index (χ1v) is 7.11. The average molecular weight is 331 g/mol. The van der Waals surface area contributed by atoms with Gasteiger partial charge in [0.1, 0.15) is 0 Å². The van der Waals surface area contributed by atoms with Gasteiger partial charge in [0.25, 0.3) is 5.69 Å². The first-order valence-electron chi connectivity index (χ1n) is 6.32. The van der Waals surface area contributed by atoms with Crippen molar-refractivity contribution in [1.29, 1.82) is 0 Å². The zero-order chi connectivity index (χ0) is 14.3. The van der Waals surface area contributed by atoms with Crippen molar-refractivity contribution in [2.45, 2.75) is 26.7 Å². The summed E-state index contributed by atoms with van der Waals surface area (Å²) in [5, 5.41) is 14.0. The summed E-state index contributed by atoms with van der Waals surface area (Å²) in [7, 11) is 0. The van der Waals surface area contributed by atoms with E-state index in [1.807, 2.05) is 0 Å². The number of rotatable bonds is 8. The minimum atomic E-state index is -0.373. The van der Waals surface area contributed by atoms with Crippen LogP contribution >= 0.6 is 15.9 Å². The molecule has 1 N–H and O–H groups in total. The number of anilines is 1. The Morgan fingerprint density at radius 3 is 2.79 bits per heavy atom. The lowest BCUT2D eigenvalue weighted by molar-refractivity contribution is -0.385. The molecule has 0 aliphatic heterocycles. The summed E-state index contributed by atoms with van der Waals surface area (Å²) >= 11 is 3.35. The Morgan fingerprint density at radius 1 is 1.42 bits per heavy atom. The van der Waals surface area contributed by atoms with Crippen molar-refractivity contribution < 1.29 is 9.66 Å². The Morgan fingerprint density at radius 2 is 2.16 bits per heavy atom. The normalized spacial score (nSPS) is 10.5. The van der Waals surface area contributed by atoms with Crippen LogP contribution in [0.1, 0.15) is 25.3 Å². The highest BCUT2D eigenvalue weighted by atomic mass is 79.9. The van der Waals surface area contributed by atoms with E-state index >= 15 is 0 Å². The van der Waals surface area contributed by atoms with Crippen molar-refractivity contribution in [3.05, 3.63) is 32.3 Å². The van der Waals surface area contributed by atoms with Crippen LogP contribution in [0.2, 0.25) is 0 Å². The van der Waals surface area contributed by atoms with Crippen LogP contribution < -0.4 is 5.32 Å². The molecule has 19 heavy (non-hydrogen) atoms. The van der Waals surface area contributed by atoms with Crippen LogP contribution in [0.25, 0.3) is 0 Å². The number of nitro benzene ring substituents is 1. The Labute approximate surface area is 121 Å². The number of ether oxygens (including phenoxy) is 1. The van der Waals surface area contributed by atoms with Gasteiger partial charge in [-0.05, 0) is 41.8 Å². The number of benzene rings is 1. The molecule has 0 heterocycles. The third-order valence-electron chi connectivity index (χ3n) is 2.61. The summed E-state index contributed by atoms with van der Waals surface area (Å²) < 4.78 is 6.09. The highest BCUT2D eigenvalue weighted by Gasteiger charge is 2.13. The molecular weight excluding hydrogens is 312 g/mol. The van der Waals surface area contributed by atoms with Crippen LogP contribution in [0.15, 0.2) is 16.6 Å². The van der Waals surface area contributed by atoms with E-state index in [1.165, 1.54) is 6.07 Å². The van der Waals surface area contributed by atoms with Gasteiger partial charge in [-0.3, -0.25) is 10.1 Å². The lowest BCUT2D eigenvalue weighted by Gasteiger charge is -2.10. The average Bonchev–Trinajstić information content (AvgIpc) is 2.36. The minimum absolute atomic E-state index is 0.128. The van der Waals surface area contributed by atoms with Gasteiger partial charge in [-0.15, -0.1) is 0 Å². The number of nitro groups is 1. The standard InChI is InChI=1S/C13H19BrN2O3/c1-3-6-19-7-4-5-15-12-8-10(2)13(16(17)18)9-11(12)14/h8-9,15H,3-7H2,1-2H3.